The van der Waals surface area contributed by atoms with E-state index in [0.29, 0.717) is 28.0 Å². The minimum absolute atomic E-state index is 0.0701. The maximum Gasteiger partial charge on any atom is 0.239 e. The van der Waals surface area contributed by atoms with Gasteiger partial charge < -0.3 is 15.7 Å². The molecule has 0 atom stereocenters. The Morgan fingerprint density at radius 3 is 2.78 bits per heavy atom. The minimum Gasteiger partial charge on any atom is -0.507 e. The molecule has 0 unspecified atom stereocenters. The second-order valence-electron chi connectivity index (χ2n) is 5.55. The molecule has 1 saturated carbocycles. The van der Waals surface area contributed by atoms with Crippen LogP contribution in [0, 0.1) is 0 Å². The largest absolute Gasteiger partial charge is 0.507 e. The average molecular weight is 333 g/mol. The molecule has 1 aromatic carbocycles. The predicted molar refractivity (Wildman–Crippen MR) is 88.7 cm³/mol. The summed E-state index contributed by atoms with van der Waals surface area (Å²) in [4.78, 5) is 11.7. The minimum atomic E-state index is -0.175. The molecule has 1 amide bonds. The zero-order valence-corrected chi connectivity index (χ0v) is 13.4. The van der Waals surface area contributed by atoms with Gasteiger partial charge in [0.25, 0.3) is 0 Å². The van der Waals surface area contributed by atoms with Crippen LogP contribution in [0.25, 0.3) is 11.3 Å². The van der Waals surface area contributed by atoms with Crippen molar-refractivity contribution in [2.24, 2.45) is 0 Å². The number of nitrogens with zero attached hydrogens (tertiary/aromatic N) is 2. The van der Waals surface area contributed by atoms with Gasteiger partial charge in [0.2, 0.25) is 5.91 Å². The number of benzene rings is 1. The number of aromatic hydroxyl groups is 1. The van der Waals surface area contributed by atoms with Gasteiger partial charge in [0.1, 0.15) is 11.4 Å². The third-order valence-electron chi connectivity index (χ3n) is 3.66. The van der Waals surface area contributed by atoms with Crippen LogP contribution in [-0.2, 0) is 4.79 Å². The number of phenolic OH excluding ortho intramolecular Hbond substituents is 1. The molecular weight excluding hydrogens is 316 g/mol. The summed E-state index contributed by atoms with van der Waals surface area (Å²) in [6.07, 6.45) is 2.13. The van der Waals surface area contributed by atoms with Crippen molar-refractivity contribution in [2.45, 2.75) is 18.8 Å². The quantitative estimate of drug-likeness (QED) is 0.783. The Kier molecular flexibility index (Phi) is 4.45. The lowest BCUT2D eigenvalue weighted by atomic mass is 10.0. The highest BCUT2D eigenvalue weighted by molar-refractivity contribution is 6.30. The number of aromatic nitrogens is 2. The van der Waals surface area contributed by atoms with E-state index in [1.165, 1.54) is 6.07 Å². The van der Waals surface area contributed by atoms with Crippen LogP contribution in [0.2, 0.25) is 5.02 Å². The molecular formula is C16H17ClN4O2. The first-order valence-electron chi connectivity index (χ1n) is 7.39. The van der Waals surface area contributed by atoms with Crippen molar-refractivity contribution in [3.05, 3.63) is 34.9 Å². The number of phenols is 1. The molecule has 1 aromatic heterocycles. The van der Waals surface area contributed by atoms with E-state index in [9.17, 15) is 9.90 Å². The molecule has 1 fully saturated rings. The second kappa shape index (κ2) is 6.52. The number of hydrogen-bond donors (Lipinski definition) is 3. The molecule has 2 aromatic rings. The monoisotopic (exact) mass is 332 g/mol. The highest BCUT2D eigenvalue weighted by Gasteiger charge is 2.29. The van der Waals surface area contributed by atoms with Crippen molar-refractivity contribution >= 4 is 23.3 Å². The maximum absolute atomic E-state index is 11.7. The number of amides is 1. The summed E-state index contributed by atoms with van der Waals surface area (Å²) in [5.41, 5.74) is 2.21. The smallest absolute Gasteiger partial charge is 0.239 e. The number of anilines is 1. The summed E-state index contributed by atoms with van der Waals surface area (Å²) >= 11 is 5.88. The molecule has 0 saturated heterocycles. The van der Waals surface area contributed by atoms with Crippen LogP contribution in [0.3, 0.4) is 0 Å². The van der Waals surface area contributed by atoms with Gasteiger partial charge in [0.15, 0.2) is 5.82 Å². The highest BCUT2D eigenvalue weighted by atomic mass is 35.5. The SMILES string of the molecule is CNCC(=O)Nc1cc(C2CC2)c(-c2ccc(Cl)cc2O)nn1. The molecule has 1 heterocycles. The van der Waals surface area contributed by atoms with Crippen LogP contribution in [-0.4, -0.2) is 34.8 Å². The van der Waals surface area contributed by atoms with Gasteiger partial charge in [-0.25, -0.2) is 0 Å². The van der Waals surface area contributed by atoms with Crippen molar-refractivity contribution in [1.82, 2.24) is 15.5 Å². The lowest BCUT2D eigenvalue weighted by Crippen LogP contribution is -2.25. The molecule has 120 valence electrons. The third kappa shape index (κ3) is 3.60. The van der Waals surface area contributed by atoms with Crippen molar-refractivity contribution in [1.29, 1.82) is 0 Å². The van der Waals surface area contributed by atoms with E-state index in [0.717, 1.165) is 18.4 Å². The van der Waals surface area contributed by atoms with Gasteiger partial charge in [0.05, 0.1) is 6.54 Å². The van der Waals surface area contributed by atoms with Crippen LogP contribution < -0.4 is 10.6 Å². The Bertz CT molecular complexity index is 747. The topological polar surface area (TPSA) is 87.1 Å². The van der Waals surface area contributed by atoms with E-state index in [2.05, 4.69) is 20.8 Å². The molecule has 0 radical (unpaired) electrons. The van der Waals surface area contributed by atoms with Crippen LogP contribution in [0.5, 0.6) is 5.75 Å². The van der Waals surface area contributed by atoms with Crippen LogP contribution in [0.4, 0.5) is 5.82 Å². The standard InChI is InChI=1S/C16H17ClN4O2/c1-18-8-15(23)19-14-7-12(9-2-3-9)16(21-20-14)11-5-4-10(17)6-13(11)22/h4-7,9,18,22H,2-3,8H2,1H3,(H,19,20,23). The highest BCUT2D eigenvalue weighted by Crippen LogP contribution is 2.45. The molecule has 6 nitrogen and oxygen atoms in total. The van der Waals surface area contributed by atoms with Gasteiger partial charge in [-0.3, -0.25) is 4.79 Å². The van der Waals surface area contributed by atoms with Crippen LogP contribution >= 0.6 is 11.6 Å². The van der Waals surface area contributed by atoms with E-state index in [1.54, 1.807) is 19.2 Å². The van der Waals surface area contributed by atoms with Crippen LogP contribution in [0.1, 0.15) is 24.3 Å². The van der Waals surface area contributed by atoms with Gasteiger partial charge in [-0.05, 0) is 55.6 Å². The van der Waals surface area contributed by atoms with E-state index in [1.807, 2.05) is 6.07 Å². The van der Waals surface area contributed by atoms with Crippen molar-refractivity contribution < 1.29 is 9.90 Å². The van der Waals surface area contributed by atoms with Crippen molar-refractivity contribution in [3.8, 4) is 17.0 Å². The Morgan fingerprint density at radius 2 is 2.13 bits per heavy atom. The zero-order valence-electron chi connectivity index (χ0n) is 12.6. The third-order valence-corrected chi connectivity index (χ3v) is 3.90. The Labute approximate surface area is 138 Å². The summed E-state index contributed by atoms with van der Waals surface area (Å²) in [7, 11) is 1.70. The second-order valence-corrected chi connectivity index (χ2v) is 5.98. The van der Waals surface area contributed by atoms with Crippen LogP contribution in [0.15, 0.2) is 24.3 Å². The number of hydrogen-bond acceptors (Lipinski definition) is 5. The summed E-state index contributed by atoms with van der Waals surface area (Å²) in [6, 6.07) is 6.75. The van der Waals surface area contributed by atoms with Crippen molar-refractivity contribution in [2.75, 3.05) is 18.9 Å². The Morgan fingerprint density at radius 1 is 1.35 bits per heavy atom. The number of halogens is 1. The van der Waals surface area contributed by atoms with Gasteiger partial charge in [0, 0.05) is 10.6 Å². The molecule has 1 aliphatic rings. The fourth-order valence-electron chi connectivity index (χ4n) is 2.43. The molecule has 0 spiro atoms. The lowest BCUT2D eigenvalue weighted by Gasteiger charge is -2.11. The predicted octanol–water partition coefficient (Wildman–Crippen LogP) is 2.54. The summed E-state index contributed by atoms with van der Waals surface area (Å²) in [6.45, 7) is 0.208. The average Bonchev–Trinajstić information content (AvgIpc) is 3.32. The zero-order chi connectivity index (χ0) is 16.4. The molecule has 0 bridgehead atoms. The first-order valence-corrected chi connectivity index (χ1v) is 7.77. The molecule has 3 rings (SSSR count). The number of carbonyl (C=O) groups excluding carboxylic acids is 1. The first-order chi connectivity index (χ1) is 11.1. The molecule has 7 heteroatoms. The van der Waals surface area contributed by atoms with E-state index in [-0.39, 0.29) is 18.2 Å². The molecule has 1 aliphatic carbocycles. The van der Waals surface area contributed by atoms with Gasteiger partial charge >= 0.3 is 0 Å². The van der Waals surface area contributed by atoms with E-state index < -0.39 is 0 Å². The Balaban J connectivity index is 1.96. The summed E-state index contributed by atoms with van der Waals surface area (Å²) in [5, 5.41) is 24.4. The number of rotatable bonds is 5. The normalized spacial score (nSPS) is 13.8. The van der Waals surface area contributed by atoms with Gasteiger partial charge in [-0.15, -0.1) is 10.2 Å². The number of carbonyl (C=O) groups is 1. The molecule has 23 heavy (non-hydrogen) atoms. The number of nitrogens with one attached hydrogen (secondary N) is 2. The lowest BCUT2D eigenvalue weighted by molar-refractivity contribution is -0.115. The fourth-order valence-corrected chi connectivity index (χ4v) is 2.60. The van der Waals surface area contributed by atoms with Gasteiger partial charge in [-0.1, -0.05) is 11.6 Å². The maximum atomic E-state index is 11.7. The van der Waals surface area contributed by atoms with E-state index in [4.69, 9.17) is 11.6 Å². The summed E-state index contributed by atoms with van der Waals surface area (Å²) in [5.74, 6) is 0.700. The fraction of sp³-hybridized carbons (Fsp3) is 0.312. The first kappa shape index (κ1) is 15.7. The van der Waals surface area contributed by atoms with E-state index >= 15 is 0 Å². The molecule has 0 aliphatic heterocycles. The van der Waals surface area contributed by atoms with Crippen molar-refractivity contribution in [3.63, 3.8) is 0 Å². The summed E-state index contributed by atoms with van der Waals surface area (Å²) < 4.78 is 0. The number of likely N-dealkylation sites (N-methyl/N-ethyl adjacent to an activating group) is 1. The Hall–Kier alpha value is -2.18. The molecule has 3 N–H and O–H groups in total. The van der Waals surface area contributed by atoms with Gasteiger partial charge in [-0.2, -0.15) is 0 Å².